The normalized spacial score (nSPS) is 15.0. The number of hydrogen-bond acceptors (Lipinski definition) is 2. The standard InChI is InChI=1S/C6H10.C2H5NO2/c1-2-4-6-5-3-1;3-1-2(4)5/h1-2H,3-6H2;1,3H2,(H,4,5). The van der Waals surface area contributed by atoms with Gasteiger partial charge in [-0.15, -0.1) is 0 Å². The summed E-state index contributed by atoms with van der Waals surface area (Å²) in [6.45, 7) is -0.278. The van der Waals surface area contributed by atoms with Crippen molar-refractivity contribution in [1.82, 2.24) is 0 Å². The number of hydrogen-bond donors (Lipinski definition) is 2. The number of allylic oxidation sites excluding steroid dienone is 2. The summed E-state index contributed by atoms with van der Waals surface area (Å²) in [6.07, 6.45) is 10.0. The molecule has 0 heterocycles. The summed E-state index contributed by atoms with van der Waals surface area (Å²) in [5.74, 6) is -0.968. The van der Waals surface area contributed by atoms with Crippen molar-refractivity contribution < 1.29 is 9.90 Å². The van der Waals surface area contributed by atoms with Crippen LogP contribution in [0.1, 0.15) is 25.7 Å². The Bertz CT molecular complexity index is 124. The average molecular weight is 157 g/mol. The molecule has 0 atom stereocenters. The van der Waals surface area contributed by atoms with E-state index >= 15 is 0 Å². The molecule has 1 aliphatic carbocycles. The first-order valence-electron chi connectivity index (χ1n) is 3.84. The maximum atomic E-state index is 9.24. The van der Waals surface area contributed by atoms with Crippen LogP contribution in [0.5, 0.6) is 0 Å². The number of nitrogens with two attached hydrogens (primary N) is 1. The molecular formula is C8H15NO2. The van der Waals surface area contributed by atoms with Gasteiger partial charge in [0.25, 0.3) is 0 Å². The highest BCUT2D eigenvalue weighted by atomic mass is 16.4. The van der Waals surface area contributed by atoms with Crippen LogP contribution >= 0.6 is 0 Å². The minimum atomic E-state index is -0.968. The predicted molar refractivity (Wildman–Crippen MR) is 44.3 cm³/mol. The van der Waals surface area contributed by atoms with Gasteiger partial charge in [-0.25, -0.2) is 0 Å². The van der Waals surface area contributed by atoms with Crippen LogP contribution in [0.3, 0.4) is 0 Å². The molecule has 0 unspecified atom stereocenters. The Kier molecular flexibility index (Phi) is 6.73. The molecule has 1 aliphatic rings. The first-order chi connectivity index (χ1) is 5.27. The van der Waals surface area contributed by atoms with Gasteiger partial charge in [-0.05, 0) is 25.7 Å². The van der Waals surface area contributed by atoms with E-state index in [0.29, 0.717) is 0 Å². The lowest BCUT2D eigenvalue weighted by Crippen LogP contribution is -2.10. The molecule has 64 valence electrons. The van der Waals surface area contributed by atoms with Gasteiger partial charge in [-0.2, -0.15) is 0 Å². The summed E-state index contributed by atoms with van der Waals surface area (Å²) < 4.78 is 0. The van der Waals surface area contributed by atoms with Crippen molar-refractivity contribution in [1.29, 1.82) is 0 Å². The summed E-state index contributed by atoms with van der Waals surface area (Å²) in [7, 11) is 0. The van der Waals surface area contributed by atoms with Crippen molar-refractivity contribution in [2.45, 2.75) is 25.7 Å². The van der Waals surface area contributed by atoms with Crippen molar-refractivity contribution in [3.8, 4) is 0 Å². The van der Waals surface area contributed by atoms with Crippen molar-refractivity contribution >= 4 is 5.97 Å². The van der Waals surface area contributed by atoms with Crippen LogP contribution in [0.25, 0.3) is 0 Å². The van der Waals surface area contributed by atoms with Gasteiger partial charge in [-0.3, -0.25) is 4.79 Å². The number of carboxylic acid groups (broad SMARTS) is 1. The largest absolute Gasteiger partial charge is 0.480 e. The highest BCUT2D eigenvalue weighted by Gasteiger charge is 1.87. The topological polar surface area (TPSA) is 63.3 Å². The molecule has 0 radical (unpaired) electrons. The molecule has 0 aromatic rings. The maximum Gasteiger partial charge on any atom is 0.317 e. The zero-order valence-electron chi connectivity index (χ0n) is 6.62. The van der Waals surface area contributed by atoms with E-state index in [1.54, 1.807) is 0 Å². The molecule has 11 heavy (non-hydrogen) atoms. The highest BCUT2D eigenvalue weighted by Crippen LogP contribution is 2.07. The van der Waals surface area contributed by atoms with Gasteiger partial charge < -0.3 is 10.8 Å². The van der Waals surface area contributed by atoms with E-state index in [9.17, 15) is 4.79 Å². The van der Waals surface area contributed by atoms with E-state index < -0.39 is 5.97 Å². The fourth-order valence-electron chi connectivity index (χ4n) is 0.760. The van der Waals surface area contributed by atoms with Gasteiger partial charge in [0.1, 0.15) is 0 Å². The molecular weight excluding hydrogens is 142 g/mol. The summed E-state index contributed by atoms with van der Waals surface area (Å²) in [4.78, 5) is 9.24. The van der Waals surface area contributed by atoms with Crippen LogP contribution in [-0.2, 0) is 4.79 Å². The third kappa shape index (κ3) is 9.17. The second-order valence-electron chi connectivity index (χ2n) is 2.35. The van der Waals surface area contributed by atoms with Crippen molar-refractivity contribution in [3.05, 3.63) is 12.2 Å². The number of rotatable bonds is 1. The first kappa shape index (κ1) is 10.2. The molecule has 3 nitrogen and oxygen atoms in total. The van der Waals surface area contributed by atoms with E-state index in [0.717, 1.165) is 0 Å². The third-order valence-corrected chi connectivity index (χ3v) is 1.33. The minimum Gasteiger partial charge on any atom is -0.480 e. The zero-order valence-corrected chi connectivity index (χ0v) is 6.62. The van der Waals surface area contributed by atoms with Crippen LogP contribution in [0.15, 0.2) is 12.2 Å². The molecule has 3 N–H and O–H groups in total. The van der Waals surface area contributed by atoms with E-state index in [1.807, 2.05) is 0 Å². The van der Waals surface area contributed by atoms with E-state index in [-0.39, 0.29) is 6.54 Å². The first-order valence-corrected chi connectivity index (χ1v) is 3.84. The summed E-state index contributed by atoms with van der Waals surface area (Å²) in [5, 5.41) is 7.60. The lowest BCUT2D eigenvalue weighted by atomic mass is 10.1. The monoisotopic (exact) mass is 157 g/mol. The summed E-state index contributed by atoms with van der Waals surface area (Å²) >= 11 is 0. The van der Waals surface area contributed by atoms with Crippen LogP contribution in [0.4, 0.5) is 0 Å². The molecule has 0 fully saturated rings. The fraction of sp³-hybridized carbons (Fsp3) is 0.625. The average Bonchev–Trinajstić information content (AvgIpc) is 2.09. The predicted octanol–water partition coefficient (Wildman–Crippen LogP) is 1.15. The highest BCUT2D eigenvalue weighted by molar-refractivity contribution is 5.68. The number of carboxylic acids is 1. The number of aliphatic carboxylic acids is 1. The molecule has 0 aromatic heterocycles. The molecule has 0 saturated carbocycles. The lowest BCUT2D eigenvalue weighted by molar-refractivity contribution is -0.135. The van der Waals surface area contributed by atoms with E-state index in [2.05, 4.69) is 17.9 Å². The quantitative estimate of drug-likeness (QED) is 0.561. The molecule has 3 heteroatoms. The summed E-state index contributed by atoms with van der Waals surface area (Å²) in [5.41, 5.74) is 4.57. The second-order valence-corrected chi connectivity index (χ2v) is 2.35. The molecule has 1 rings (SSSR count). The molecule has 0 spiro atoms. The number of carbonyl (C=O) groups is 1. The molecule has 0 amide bonds. The third-order valence-electron chi connectivity index (χ3n) is 1.33. The summed E-state index contributed by atoms with van der Waals surface area (Å²) in [6, 6.07) is 0. The molecule has 0 bridgehead atoms. The van der Waals surface area contributed by atoms with Crippen LogP contribution < -0.4 is 5.73 Å². The van der Waals surface area contributed by atoms with Gasteiger partial charge in [0.05, 0.1) is 6.54 Å². The van der Waals surface area contributed by atoms with Gasteiger partial charge in [0, 0.05) is 0 Å². The van der Waals surface area contributed by atoms with Gasteiger partial charge in [0.2, 0.25) is 0 Å². The second kappa shape index (κ2) is 7.28. The Morgan fingerprint density at radius 1 is 1.36 bits per heavy atom. The van der Waals surface area contributed by atoms with E-state index in [1.165, 1.54) is 25.7 Å². The van der Waals surface area contributed by atoms with Gasteiger partial charge >= 0.3 is 5.97 Å². The Morgan fingerprint density at radius 3 is 1.82 bits per heavy atom. The van der Waals surface area contributed by atoms with Crippen LogP contribution in [-0.4, -0.2) is 17.6 Å². The molecule has 0 aromatic carbocycles. The molecule has 0 saturated heterocycles. The maximum absolute atomic E-state index is 9.24. The van der Waals surface area contributed by atoms with Crippen LogP contribution in [0.2, 0.25) is 0 Å². The van der Waals surface area contributed by atoms with Gasteiger partial charge in [-0.1, -0.05) is 12.2 Å². The lowest BCUT2D eigenvalue weighted by Gasteiger charge is -1.97. The van der Waals surface area contributed by atoms with Crippen molar-refractivity contribution in [2.24, 2.45) is 5.73 Å². The Balaban J connectivity index is 0.000000187. The molecule has 0 aliphatic heterocycles. The zero-order chi connectivity index (χ0) is 8.53. The van der Waals surface area contributed by atoms with E-state index in [4.69, 9.17) is 5.11 Å². The van der Waals surface area contributed by atoms with Crippen LogP contribution in [0, 0.1) is 0 Å². The minimum absolute atomic E-state index is 0.278. The van der Waals surface area contributed by atoms with Gasteiger partial charge in [0.15, 0.2) is 0 Å². The Labute approximate surface area is 66.9 Å². The smallest absolute Gasteiger partial charge is 0.317 e. The Hall–Kier alpha value is -0.830. The van der Waals surface area contributed by atoms with Crippen molar-refractivity contribution in [3.63, 3.8) is 0 Å². The van der Waals surface area contributed by atoms with Crippen molar-refractivity contribution in [2.75, 3.05) is 6.54 Å². The fourth-order valence-corrected chi connectivity index (χ4v) is 0.760. The SMILES string of the molecule is C1=CCCCC1.NCC(=O)O. The Morgan fingerprint density at radius 2 is 1.73 bits per heavy atom.